The number of rotatable bonds is 6. The lowest BCUT2D eigenvalue weighted by Crippen LogP contribution is -2.17. The summed E-state index contributed by atoms with van der Waals surface area (Å²) in [5, 5.41) is 5.83. The second kappa shape index (κ2) is 11.1. The minimum absolute atomic E-state index is 0.142. The number of amides is 1. The van der Waals surface area contributed by atoms with E-state index in [1.54, 1.807) is 31.6 Å². The van der Waals surface area contributed by atoms with Crippen LogP contribution < -0.4 is 10.6 Å². The highest BCUT2D eigenvalue weighted by Gasteiger charge is 2.31. The first kappa shape index (κ1) is 27.2. The molecule has 0 radical (unpaired) electrons. The third-order valence-corrected chi connectivity index (χ3v) is 6.81. The van der Waals surface area contributed by atoms with Crippen LogP contribution in [-0.4, -0.2) is 47.0 Å². The summed E-state index contributed by atoms with van der Waals surface area (Å²) < 4.78 is 47.1. The van der Waals surface area contributed by atoms with E-state index in [0.29, 0.717) is 52.4 Å². The Morgan fingerprint density at radius 2 is 1.95 bits per heavy atom. The lowest BCUT2D eigenvalue weighted by Gasteiger charge is -2.23. The van der Waals surface area contributed by atoms with Crippen molar-refractivity contribution in [2.24, 2.45) is 0 Å². The standard InChI is InChI=1S/C28H24F3N9O2/c1-16-21(10-19(13-34-16)38-27(41)17-9-18(12-32-11-17)28(29,30)31)39-25-20(5-4-7-33-25)23-24-26(36-14-35-23)40(15-37-24)22-6-2-3-8-42-22/h4-5,7,9-15,22H,2-3,6,8H2,1H3,(H,33,39)(H,38,41). The second-order valence-electron chi connectivity index (χ2n) is 9.66. The molecule has 11 nitrogen and oxygen atoms in total. The van der Waals surface area contributed by atoms with Crippen LogP contribution in [0.4, 0.5) is 30.4 Å². The Bertz CT molecular complexity index is 1770. The van der Waals surface area contributed by atoms with Gasteiger partial charge in [-0.25, -0.2) is 19.9 Å². The number of ether oxygens (including phenoxy) is 1. The summed E-state index contributed by atoms with van der Waals surface area (Å²) in [5.41, 5.74) is 2.58. The second-order valence-corrected chi connectivity index (χ2v) is 9.66. The molecule has 1 fully saturated rings. The third kappa shape index (κ3) is 5.48. The topological polar surface area (TPSA) is 133 Å². The first-order chi connectivity index (χ1) is 20.3. The van der Waals surface area contributed by atoms with Crippen molar-refractivity contribution in [2.75, 3.05) is 17.2 Å². The molecule has 0 aromatic carbocycles. The smallest absolute Gasteiger partial charge is 0.358 e. The Balaban J connectivity index is 1.28. The number of fused-ring (bicyclic) bond motifs is 1. The summed E-state index contributed by atoms with van der Waals surface area (Å²) in [5.74, 6) is -0.305. The molecule has 6 heterocycles. The van der Waals surface area contributed by atoms with Crippen LogP contribution in [0.3, 0.4) is 0 Å². The molecule has 1 saturated heterocycles. The van der Waals surface area contributed by atoms with E-state index in [1.165, 1.54) is 12.5 Å². The molecule has 214 valence electrons. The lowest BCUT2D eigenvalue weighted by atomic mass is 10.1. The van der Waals surface area contributed by atoms with Crippen molar-refractivity contribution in [1.29, 1.82) is 0 Å². The molecular formula is C28H24F3N9O2. The van der Waals surface area contributed by atoms with Crippen molar-refractivity contribution < 1.29 is 22.7 Å². The van der Waals surface area contributed by atoms with Gasteiger partial charge >= 0.3 is 6.18 Å². The number of pyridine rings is 3. The van der Waals surface area contributed by atoms with E-state index in [4.69, 9.17) is 4.74 Å². The van der Waals surface area contributed by atoms with Gasteiger partial charge in [0.15, 0.2) is 5.65 Å². The van der Waals surface area contributed by atoms with E-state index in [1.807, 2.05) is 10.6 Å². The Morgan fingerprint density at radius 1 is 1.07 bits per heavy atom. The van der Waals surface area contributed by atoms with Crippen LogP contribution >= 0.6 is 0 Å². The van der Waals surface area contributed by atoms with E-state index in [9.17, 15) is 18.0 Å². The van der Waals surface area contributed by atoms with Crippen LogP contribution in [0.5, 0.6) is 0 Å². The Hall–Kier alpha value is -4.98. The monoisotopic (exact) mass is 575 g/mol. The highest BCUT2D eigenvalue weighted by atomic mass is 19.4. The van der Waals surface area contributed by atoms with E-state index in [0.717, 1.165) is 31.5 Å². The molecule has 1 aliphatic heterocycles. The summed E-state index contributed by atoms with van der Waals surface area (Å²) >= 11 is 0. The van der Waals surface area contributed by atoms with Crippen LogP contribution in [-0.2, 0) is 10.9 Å². The summed E-state index contributed by atoms with van der Waals surface area (Å²) in [4.78, 5) is 38.7. The van der Waals surface area contributed by atoms with E-state index < -0.39 is 17.6 Å². The summed E-state index contributed by atoms with van der Waals surface area (Å²) in [6.07, 6.45) is 6.13. The summed E-state index contributed by atoms with van der Waals surface area (Å²) in [6.45, 7) is 2.45. The van der Waals surface area contributed by atoms with Gasteiger partial charge < -0.3 is 15.4 Å². The van der Waals surface area contributed by atoms with Crippen molar-refractivity contribution in [3.63, 3.8) is 0 Å². The highest BCUT2D eigenvalue weighted by molar-refractivity contribution is 6.04. The largest absolute Gasteiger partial charge is 0.417 e. The lowest BCUT2D eigenvalue weighted by molar-refractivity contribution is -0.137. The zero-order valence-electron chi connectivity index (χ0n) is 22.3. The van der Waals surface area contributed by atoms with E-state index in [2.05, 4.69) is 40.5 Å². The van der Waals surface area contributed by atoms with Gasteiger partial charge in [0.1, 0.15) is 29.6 Å². The molecule has 5 aromatic rings. The molecular weight excluding hydrogens is 551 g/mol. The number of carbonyl (C=O) groups excluding carboxylic acids is 1. The van der Waals surface area contributed by atoms with Gasteiger partial charge in [-0.1, -0.05) is 0 Å². The molecule has 0 saturated carbocycles. The summed E-state index contributed by atoms with van der Waals surface area (Å²) in [6, 6.07) is 5.99. The number of anilines is 3. The zero-order chi connectivity index (χ0) is 29.3. The molecule has 1 unspecified atom stereocenters. The van der Waals surface area contributed by atoms with Gasteiger partial charge in [-0.3, -0.25) is 19.3 Å². The van der Waals surface area contributed by atoms with Crippen LogP contribution in [0.15, 0.2) is 61.7 Å². The molecule has 14 heteroatoms. The van der Waals surface area contributed by atoms with Gasteiger partial charge in [0.25, 0.3) is 5.91 Å². The van der Waals surface area contributed by atoms with Crippen molar-refractivity contribution in [3.8, 4) is 11.3 Å². The number of aryl methyl sites for hydroxylation is 1. The van der Waals surface area contributed by atoms with Crippen molar-refractivity contribution in [2.45, 2.75) is 38.6 Å². The number of hydrogen-bond acceptors (Lipinski definition) is 9. The molecule has 0 aliphatic carbocycles. The van der Waals surface area contributed by atoms with Gasteiger partial charge in [-0.05, 0) is 50.5 Å². The number of imidazole rings is 1. The van der Waals surface area contributed by atoms with Gasteiger partial charge in [-0.15, -0.1) is 0 Å². The first-order valence-corrected chi connectivity index (χ1v) is 13.1. The number of halogens is 3. The van der Waals surface area contributed by atoms with Crippen molar-refractivity contribution in [3.05, 3.63) is 78.5 Å². The average Bonchev–Trinajstić information content (AvgIpc) is 3.44. The van der Waals surface area contributed by atoms with Crippen LogP contribution in [0.2, 0.25) is 0 Å². The average molecular weight is 576 g/mol. The molecule has 42 heavy (non-hydrogen) atoms. The Kier molecular flexibility index (Phi) is 7.20. The predicted octanol–water partition coefficient (Wildman–Crippen LogP) is 5.70. The third-order valence-electron chi connectivity index (χ3n) is 6.81. The number of nitrogens with zero attached hydrogens (tertiary/aromatic N) is 7. The first-order valence-electron chi connectivity index (χ1n) is 13.1. The normalized spacial score (nSPS) is 15.5. The minimum Gasteiger partial charge on any atom is -0.358 e. The summed E-state index contributed by atoms with van der Waals surface area (Å²) in [7, 11) is 0. The number of carbonyl (C=O) groups is 1. The highest BCUT2D eigenvalue weighted by Crippen LogP contribution is 2.34. The van der Waals surface area contributed by atoms with Gasteiger partial charge in [0.2, 0.25) is 0 Å². The molecule has 1 aliphatic rings. The number of aromatic nitrogens is 7. The van der Waals surface area contributed by atoms with Crippen LogP contribution in [0.25, 0.3) is 22.4 Å². The van der Waals surface area contributed by atoms with Crippen LogP contribution in [0, 0.1) is 6.92 Å². The van der Waals surface area contributed by atoms with Crippen LogP contribution in [0.1, 0.15) is 47.1 Å². The number of nitrogens with one attached hydrogen (secondary N) is 2. The van der Waals surface area contributed by atoms with E-state index in [-0.39, 0.29) is 17.5 Å². The Morgan fingerprint density at radius 3 is 2.76 bits per heavy atom. The van der Waals surface area contributed by atoms with E-state index >= 15 is 0 Å². The van der Waals surface area contributed by atoms with Gasteiger partial charge in [0.05, 0.1) is 40.7 Å². The maximum Gasteiger partial charge on any atom is 0.417 e. The molecule has 5 aromatic heterocycles. The number of alkyl halides is 3. The predicted molar refractivity (Wildman–Crippen MR) is 147 cm³/mol. The maximum atomic E-state index is 13.1. The zero-order valence-corrected chi connectivity index (χ0v) is 22.3. The maximum absolute atomic E-state index is 13.1. The quantitative estimate of drug-likeness (QED) is 0.262. The van der Waals surface area contributed by atoms with Crippen molar-refractivity contribution in [1.82, 2.24) is 34.5 Å². The number of hydrogen-bond donors (Lipinski definition) is 2. The molecule has 2 N–H and O–H groups in total. The molecule has 0 bridgehead atoms. The Labute approximate surface area is 237 Å². The SMILES string of the molecule is Cc1ncc(NC(=O)c2cncc(C(F)(F)F)c2)cc1Nc1ncccc1-c1ncnc2c1ncn2C1CCCCO1. The minimum atomic E-state index is -4.62. The fourth-order valence-electron chi connectivity index (χ4n) is 4.68. The molecule has 0 spiro atoms. The molecule has 1 amide bonds. The van der Waals surface area contributed by atoms with Gasteiger partial charge in [0, 0.05) is 30.8 Å². The van der Waals surface area contributed by atoms with Crippen molar-refractivity contribution >= 4 is 34.3 Å². The van der Waals surface area contributed by atoms with Gasteiger partial charge in [-0.2, -0.15) is 13.2 Å². The fourth-order valence-corrected chi connectivity index (χ4v) is 4.68. The molecule has 6 rings (SSSR count). The molecule has 1 atom stereocenters. The fraction of sp³-hybridized carbons (Fsp3) is 0.250.